The van der Waals surface area contributed by atoms with E-state index in [0.29, 0.717) is 5.92 Å². The van der Waals surface area contributed by atoms with Crippen molar-refractivity contribution in [2.75, 3.05) is 0 Å². The van der Waals surface area contributed by atoms with Crippen LogP contribution in [0.1, 0.15) is 25.7 Å². The summed E-state index contributed by atoms with van der Waals surface area (Å²) in [5.74, 6) is 1.62. The molecule has 75 valence electrons. The summed E-state index contributed by atoms with van der Waals surface area (Å²) in [5, 5.41) is 3.38. The molecule has 0 amide bonds. The van der Waals surface area contributed by atoms with E-state index in [4.69, 9.17) is 0 Å². The van der Waals surface area contributed by atoms with E-state index >= 15 is 0 Å². The van der Waals surface area contributed by atoms with Crippen LogP contribution in [0.25, 0.3) is 0 Å². The van der Waals surface area contributed by atoms with E-state index in [0.717, 1.165) is 12.3 Å². The Morgan fingerprint density at radius 3 is 2.93 bits per heavy atom. The highest BCUT2D eigenvalue weighted by molar-refractivity contribution is 5.23. The van der Waals surface area contributed by atoms with Crippen LogP contribution in [0.5, 0.6) is 0 Å². The Hall–Kier alpha value is -0.980. The predicted octanol–water partition coefficient (Wildman–Crippen LogP) is 3.18. The second-order valence-corrected chi connectivity index (χ2v) is 4.10. The molecule has 0 aromatic carbocycles. The molecule has 1 saturated carbocycles. The minimum absolute atomic E-state index is 0.708. The second kappa shape index (κ2) is 4.50. The highest BCUT2D eigenvalue weighted by Gasteiger charge is 2.32. The van der Waals surface area contributed by atoms with E-state index in [2.05, 4.69) is 30.5 Å². The van der Waals surface area contributed by atoms with E-state index in [-0.39, 0.29) is 0 Å². The topological polar surface area (TPSA) is 12.0 Å². The Labute approximate surface area is 86.6 Å². The zero-order valence-electron chi connectivity index (χ0n) is 8.58. The molecule has 1 fully saturated rings. The third kappa shape index (κ3) is 2.28. The van der Waals surface area contributed by atoms with Gasteiger partial charge >= 0.3 is 0 Å². The first kappa shape index (κ1) is 9.57. The van der Waals surface area contributed by atoms with Gasteiger partial charge in [0.2, 0.25) is 0 Å². The number of hydrogen-bond donors (Lipinski definition) is 1. The highest BCUT2D eigenvalue weighted by atomic mass is 14.9. The van der Waals surface area contributed by atoms with Crippen LogP contribution in [-0.4, -0.2) is 0 Å². The van der Waals surface area contributed by atoms with Gasteiger partial charge in [-0.1, -0.05) is 25.5 Å². The quantitative estimate of drug-likeness (QED) is 0.714. The van der Waals surface area contributed by atoms with Crippen molar-refractivity contribution in [2.45, 2.75) is 25.7 Å². The van der Waals surface area contributed by atoms with Gasteiger partial charge in [0.1, 0.15) is 0 Å². The maximum atomic E-state index is 3.96. The van der Waals surface area contributed by atoms with Gasteiger partial charge in [0.05, 0.1) is 0 Å². The molecule has 1 nitrogen and oxygen atoms in total. The molecule has 0 bridgehead atoms. The van der Waals surface area contributed by atoms with E-state index in [1.54, 1.807) is 0 Å². The van der Waals surface area contributed by atoms with E-state index < -0.39 is 0 Å². The standard InChI is InChI=1S/C13H18N/c1-2-6-12(11-8-9-11)13-7-4-3-5-10-14-13/h3-5,7,10-12,14H,1-2,6,8-9H2. The van der Waals surface area contributed by atoms with Crippen LogP contribution in [0, 0.1) is 18.8 Å². The molecule has 1 aliphatic heterocycles. The van der Waals surface area contributed by atoms with Crippen LogP contribution in [0.2, 0.25) is 0 Å². The van der Waals surface area contributed by atoms with Gasteiger partial charge in [-0.25, -0.2) is 0 Å². The van der Waals surface area contributed by atoms with Crippen molar-refractivity contribution in [2.24, 2.45) is 11.8 Å². The third-order valence-corrected chi connectivity index (χ3v) is 2.95. The zero-order valence-corrected chi connectivity index (χ0v) is 8.58. The SMILES string of the molecule is [CH2]CCC(C1=CC=CC=CN1)C1CC1. The fourth-order valence-corrected chi connectivity index (χ4v) is 2.07. The first-order valence-corrected chi connectivity index (χ1v) is 5.51. The lowest BCUT2D eigenvalue weighted by Gasteiger charge is -2.18. The third-order valence-electron chi connectivity index (χ3n) is 2.95. The molecule has 1 atom stereocenters. The van der Waals surface area contributed by atoms with E-state index in [1.807, 2.05) is 12.3 Å². The molecule has 0 saturated heterocycles. The minimum Gasteiger partial charge on any atom is -0.365 e. The lowest BCUT2D eigenvalue weighted by molar-refractivity contribution is 0.481. The molecule has 1 aliphatic carbocycles. The maximum absolute atomic E-state index is 3.96. The Morgan fingerprint density at radius 1 is 1.36 bits per heavy atom. The van der Waals surface area contributed by atoms with Crippen LogP contribution in [-0.2, 0) is 0 Å². The average molecular weight is 188 g/mol. The number of nitrogens with one attached hydrogen (secondary N) is 1. The van der Waals surface area contributed by atoms with Crippen LogP contribution in [0.3, 0.4) is 0 Å². The molecule has 0 aromatic heterocycles. The van der Waals surface area contributed by atoms with Gasteiger partial charge in [-0.3, -0.25) is 0 Å². The predicted molar refractivity (Wildman–Crippen MR) is 60.3 cm³/mol. The Bertz CT molecular complexity index is 269. The largest absolute Gasteiger partial charge is 0.365 e. The highest BCUT2D eigenvalue weighted by Crippen LogP contribution is 2.42. The molecular weight excluding hydrogens is 170 g/mol. The van der Waals surface area contributed by atoms with Gasteiger partial charge in [-0.05, 0) is 37.3 Å². The number of allylic oxidation sites excluding steroid dienone is 5. The normalized spacial score (nSPS) is 22.5. The molecular formula is C13H18N. The Balaban J connectivity index is 2.05. The fraction of sp³-hybridized carbons (Fsp3) is 0.462. The number of hydrogen-bond acceptors (Lipinski definition) is 1. The van der Waals surface area contributed by atoms with E-state index in [1.165, 1.54) is 25.0 Å². The molecule has 0 aromatic rings. The summed E-state index contributed by atoms with van der Waals surface area (Å²) in [6, 6.07) is 0. The average Bonchev–Trinajstić information content (AvgIpc) is 3.02. The lowest BCUT2D eigenvalue weighted by Crippen LogP contribution is -2.17. The molecule has 1 unspecified atom stereocenters. The van der Waals surface area contributed by atoms with Gasteiger partial charge in [-0.2, -0.15) is 0 Å². The monoisotopic (exact) mass is 188 g/mol. The lowest BCUT2D eigenvalue weighted by atomic mass is 9.94. The van der Waals surface area contributed by atoms with Gasteiger partial charge < -0.3 is 5.32 Å². The minimum atomic E-state index is 0.708. The summed E-state index contributed by atoms with van der Waals surface area (Å²) in [6.45, 7) is 3.96. The van der Waals surface area contributed by atoms with Crippen molar-refractivity contribution in [3.63, 3.8) is 0 Å². The molecule has 1 heteroatoms. The van der Waals surface area contributed by atoms with Gasteiger partial charge in [0.15, 0.2) is 0 Å². The summed E-state index contributed by atoms with van der Waals surface area (Å²) in [7, 11) is 0. The molecule has 1 N–H and O–H groups in total. The Morgan fingerprint density at radius 2 is 2.21 bits per heavy atom. The molecule has 2 aliphatic rings. The number of rotatable bonds is 4. The summed E-state index contributed by atoms with van der Waals surface area (Å²) in [5.41, 5.74) is 1.38. The van der Waals surface area contributed by atoms with Crippen LogP contribution < -0.4 is 5.32 Å². The van der Waals surface area contributed by atoms with Gasteiger partial charge in [-0.15, -0.1) is 0 Å². The van der Waals surface area contributed by atoms with Crippen LogP contribution >= 0.6 is 0 Å². The van der Waals surface area contributed by atoms with Crippen LogP contribution in [0.15, 0.2) is 36.2 Å². The van der Waals surface area contributed by atoms with Crippen molar-refractivity contribution in [3.05, 3.63) is 43.1 Å². The summed E-state index contributed by atoms with van der Waals surface area (Å²) >= 11 is 0. The summed E-state index contributed by atoms with van der Waals surface area (Å²) in [6.07, 6.45) is 15.5. The smallest absolute Gasteiger partial charge is 0.0180 e. The van der Waals surface area contributed by atoms with Gasteiger partial charge in [0.25, 0.3) is 0 Å². The first-order chi connectivity index (χ1) is 6.92. The Kier molecular flexibility index (Phi) is 3.07. The summed E-state index contributed by atoms with van der Waals surface area (Å²) in [4.78, 5) is 0. The molecule has 14 heavy (non-hydrogen) atoms. The zero-order chi connectivity index (χ0) is 9.80. The van der Waals surface area contributed by atoms with Crippen molar-refractivity contribution in [3.8, 4) is 0 Å². The van der Waals surface area contributed by atoms with Crippen molar-refractivity contribution in [1.29, 1.82) is 0 Å². The molecule has 1 heterocycles. The maximum Gasteiger partial charge on any atom is 0.0180 e. The second-order valence-electron chi connectivity index (χ2n) is 4.10. The molecule has 1 radical (unpaired) electrons. The van der Waals surface area contributed by atoms with Gasteiger partial charge in [0, 0.05) is 17.8 Å². The molecule has 0 spiro atoms. The summed E-state index contributed by atoms with van der Waals surface area (Å²) < 4.78 is 0. The van der Waals surface area contributed by atoms with Crippen LogP contribution in [0.4, 0.5) is 0 Å². The van der Waals surface area contributed by atoms with E-state index in [9.17, 15) is 0 Å². The fourth-order valence-electron chi connectivity index (χ4n) is 2.07. The molecule has 2 rings (SSSR count). The van der Waals surface area contributed by atoms with Crippen molar-refractivity contribution in [1.82, 2.24) is 5.32 Å². The first-order valence-electron chi connectivity index (χ1n) is 5.51. The van der Waals surface area contributed by atoms with Crippen molar-refractivity contribution < 1.29 is 0 Å². The van der Waals surface area contributed by atoms with Crippen molar-refractivity contribution >= 4 is 0 Å².